The van der Waals surface area contributed by atoms with Crippen LogP contribution >= 0.6 is 0 Å². The quantitative estimate of drug-likeness (QED) is 0.598. The predicted octanol–water partition coefficient (Wildman–Crippen LogP) is 0.270. The Balaban J connectivity index is 3.57. The van der Waals surface area contributed by atoms with Crippen LogP contribution in [-0.4, -0.2) is 41.7 Å². The van der Waals surface area contributed by atoms with Gasteiger partial charge in [-0.15, -0.1) is 0 Å². The zero-order valence-corrected chi connectivity index (χ0v) is 7.30. The van der Waals surface area contributed by atoms with E-state index < -0.39 is 31.3 Å². The third-order valence-electron chi connectivity index (χ3n) is 1.45. The Kier molecular flexibility index (Phi) is 5.27. The SMILES string of the molecule is CC(CC(F)(F)F)NCC(O)CO. The molecule has 13 heavy (non-hydrogen) atoms. The molecular weight excluding hydrogens is 187 g/mol. The van der Waals surface area contributed by atoms with Gasteiger partial charge in [-0.25, -0.2) is 0 Å². The second-order valence-corrected chi connectivity index (χ2v) is 2.96. The van der Waals surface area contributed by atoms with Crippen molar-refractivity contribution in [2.45, 2.75) is 31.7 Å². The fourth-order valence-corrected chi connectivity index (χ4v) is 0.821. The summed E-state index contributed by atoms with van der Waals surface area (Å²) < 4.78 is 35.3. The second kappa shape index (κ2) is 5.41. The highest BCUT2D eigenvalue weighted by molar-refractivity contribution is 4.67. The molecule has 0 saturated heterocycles. The molecule has 3 N–H and O–H groups in total. The molecule has 2 unspecified atom stereocenters. The Morgan fingerprint density at radius 2 is 1.92 bits per heavy atom. The fourth-order valence-electron chi connectivity index (χ4n) is 0.821. The smallest absolute Gasteiger partial charge is 0.390 e. The molecule has 2 atom stereocenters. The maximum Gasteiger partial charge on any atom is 0.390 e. The summed E-state index contributed by atoms with van der Waals surface area (Å²) in [5.41, 5.74) is 0. The van der Waals surface area contributed by atoms with E-state index in [1.807, 2.05) is 0 Å². The minimum Gasteiger partial charge on any atom is -0.394 e. The Hall–Kier alpha value is -0.330. The summed E-state index contributed by atoms with van der Waals surface area (Å²) in [6.45, 7) is 0.886. The van der Waals surface area contributed by atoms with Crippen LogP contribution in [-0.2, 0) is 0 Å². The summed E-state index contributed by atoms with van der Waals surface area (Å²) in [5, 5.41) is 19.6. The number of hydrogen-bond acceptors (Lipinski definition) is 3. The Morgan fingerprint density at radius 1 is 1.38 bits per heavy atom. The number of rotatable bonds is 5. The fraction of sp³-hybridized carbons (Fsp3) is 1.00. The van der Waals surface area contributed by atoms with E-state index in [0.717, 1.165) is 0 Å². The normalized spacial score (nSPS) is 17.1. The molecule has 0 spiro atoms. The molecule has 0 aliphatic carbocycles. The first kappa shape index (κ1) is 12.7. The largest absolute Gasteiger partial charge is 0.394 e. The third-order valence-corrected chi connectivity index (χ3v) is 1.45. The molecule has 0 heterocycles. The molecule has 3 nitrogen and oxygen atoms in total. The van der Waals surface area contributed by atoms with E-state index >= 15 is 0 Å². The lowest BCUT2D eigenvalue weighted by Crippen LogP contribution is -2.37. The van der Waals surface area contributed by atoms with Gasteiger partial charge in [0.2, 0.25) is 0 Å². The van der Waals surface area contributed by atoms with Gasteiger partial charge in [-0.1, -0.05) is 0 Å². The van der Waals surface area contributed by atoms with Crippen LogP contribution in [0.3, 0.4) is 0 Å². The van der Waals surface area contributed by atoms with Crippen LogP contribution in [0.5, 0.6) is 0 Å². The summed E-state index contributed by atoms with van der Waals surface area (Å²) in [7, 11) is 0. The number of aliphatic hydroxyl groups is 2. The van der Waals surface area contributed by atoms with Crippen molar-refractivity contribution in [3.8, 4) is 0 Å². The standard InChI is InChI=1S/C7H14F3NO2/c1-5(2-7(8,9)10)11-3-6(13)4-12/h5-6,11-13H,2-4H2,1H3. The third kappa shape index (κ3) is 8.01. The lowest BCUT2D eigenvalue weighted by atomic mass is 10.2. The molecule has 0 aliphatic heterocycles. The van der Waals surface area contributed by atoms with Crippen LogP contribution in [0.15, 0.2) is 0 Å². The Labute approximate surface area is 74.6 Å². The van der Waals surface area contributed by atoms with Crippen LogP contribution in [0.2, 0.25) is 0 Å². The molecule has 0 aromatic rings. The van der Waals surface area contributed by atoms with Crippen molar-refractivity contribution in [3.63, 3.8) is 0 Å². The van der Waals surface area contributed by atoms with Gasteiger partial charge in [0.25, 0.3) is 0 Å². The summed E-state index contributed by atoms with van der Waals surface area (Å²) in [4.78, 5) is 0. The maximum absolute atomic E-state index is 11.8. The van der Waals surface area contributed by atoms with Crippen molar-refractivity contribution >= 4 is 0 Å². The minimum atomic E-state index is -4.20. The van der Waals surface area contributed by atoms with Crippen LogP contribution in [0.25, 0.3) is 0 Å². The maximum atomic E-state index is 11.8. The number of aliphatic hydroxyl groups excluding tert-OH is 2. The van der Waals surface area contributed by atoms with Gasteiger partial charge in [-0.2, -0.15) is 13.2 Å². The average molecular weight is 201 g/mol. The molecule has 0 rings (SSSR count). The molecule has 0 aliphatic rings. The molecule has 0 amide bonds. The highest BCUT2D eigenvalue weighted by atomic mass is 19.4. The highest BCUT2D eigenvalue weighted by Gasteiger charge is 2.29. The van der Waals surface area contributed by atoms with Crippen LogP contribution in [0.1, 0.15) is 13.3 Å². The summed E-state index contributed by atoms with van der Waals surface area (Å²) in [6.07, 6.45) is -6.14. The molecule has 0 saturated carbocycles. The van der Waals surface area contributed by atoms with E-state index in [1.165, 1.54) is 6.92 Å². The van der Waals surface area contributed by atoms with Crippen molar-refractivity contribution in [1.82, 2.24) is 5.32 Å². The lowest BCUT2D eigenvalue weighted by molar-refractivity contribution is -0.139. The van der Waals surface area contributed by atoms with E-state index in [-0.39, 0.29) is 6.54 Å². The van der Waals surface area contributed by atoms with E-state index in [9.17, 15) is 13.2 Å². The first-order valence-corrected chi connectivity index (χ1v) is 3.94. The van der Waals surface area contributed by atoms with Gasteiger partial charge in [0.15, 0.2) is 0 Å². The van der Waals surface area contributed by atoms with Crippen LogP contribution < -0.4 is 5.32 Å². The first-order chi connectivity index (χ1) is 5.85. The van der Waals surface area contributed by atoms with E-state index in [1.54, 1.807) is 0 Å². The van der Waals surface area contributed by atoms with Crippen LogP contribution in [0, 0.1) is 0 Å². The summed E-state index contributed by atoms with van der Waals surface area (Å²) >= 11 is 0. The number of halogens is 3. The number of nitrogens with one attached hydrogen (secondary N) is 1. The zero-order chi connectivity index (χ0) is 10.5. The van der Waals surface area contributed by atoms with Crippen molar-refractivity contribution in [3.05, 3.63) is 0 Å². The molecule has 0 fully saturated rings. The molecule has 0 aromatic carbocycles. The monoisotopic (exact) mass is 201 g/mol. The first-order valence-electron chi connectivity index (χ1n) is 3.94. The second-order valence-electron chi connectivity index (χ2n) is 2.96. The molecule has 6 heteroatoms. The van der Waals surface area contributed by atoms with Crippen molar-refractivity contribution in [2.75, 3.05) is 13.2 Å². The predicted molar refractivity (Wildman–Crippen MR) is 41.2 cm³/mol. The van der Waals surface area contributed by atoms with Gasteiger partial charge in [-0.3, -0.25) is 0 Å². The van der Waals surface area contributed by atoms with E-state index in [0.29, 0.717) is 0 Å². The van der Waals surface area contributed by atoms with Gasteiger partial charge >= 0.3 is 6.18 Å². The zero-order valence-electron chi connectivity index (χ0n) is 7.30. The van der Waals surface area contributed by atoms with Gasteiger partial charge in [0.05, 0.1) is 19.1 Å². The number of alkyl halides is 3. The molecule has 0 bridgehead atoms. The van der Waals surface area contributed by atoms with Crippen LogP contribution in [0.4, 0.5) is 13.2 Å². The average Bonchev–Trinajstić information content (AvgIpc) is 1.97. The lowest BCUT2D eigenvalue weighted by Gasteiger charge is -2.17. The number of hydrogen-bond donors (Lipinski definition) is 3. The minimum absolute atomic E-state index is 0.0340. The highest BCUT2D eigenvalue weighted by Crippen LogP contribution is 2.21. The van der Waals surface area contributed by atoms with Crippen molar-refractivity contribution in [1.29, 1.82) is 0 Å². The topological polar surface area (TPSA) is 52.5 Å². The van der Waals surface area contributed by atoms with Crippen molar-refractivity contribution < 1.29 is 23.4 Å². The molecular formula is C7H14F3NO2. The Bertz CT molecular complexity index is 140. The van der Waals surface area contributed by atoms with E-state index in [2.05, 4.69) is 5.32 Å². The van der Waals surface area contributed by atoms with Crippen molar-refractivity contribution in [2.24, 2.45) is 0 Å². The Morgan fingerprint density at radius 3 is 2.31 bits per heavy atom. The summed E-state index contributed by atoms with van der Waals surface area (Å²) in [6, 6.07) is -0.749. The molecule has 80 valence electrons. The molecule has 0 aromatic heterocycles. The van der Waals surface area contributed by atoms with Gasteiger partial charge in [0, 0.05) is 12.6 Å². The van der Waals surface area contributed by atoms with Gasteiger partial charge in [0.1, 0.15) is 0 Å². The summed E-state index contributed by atoms with van der Waals surface area (Å²) in [5.74, 6) is 0. The van der Waals surface area contributed by atoms with E-state index in [4.69, 9.17) is 10.2 Å². The van der Waals surface area contributed by atoms with Gasteiger partial charge < -0.3 is 15.5 Å². The van der Waals surface area contributed by atoms with Gasteiger partial charge in [-0.05, 0) is 6.92 Å². The molecule has 0 radical (unpaired) electrons.